The fourth-order valence-electron chi connectivity index (χ4n) is 3.27. The molecule has 0 aliphatic heterocycles. The van der Waals surface area contributed by atoms with Gasteiger partial charge < -0.3 is 15.0 Å². The van der Waals surface area contributed by atoms with E-state index in [1.165, 1.54) is 0 Å². The Hall–Kier alpha value is -2.17. The van der Waals surface area contributed by atoms with E-state index in [1.807, 2.05) is 55.6 Å². The van der Waals surface area contributed by atoms with Crippen LogP contribution in [0.2, 0.25) is 0 Å². The molecule has 0 saturated heterocycles. The minimum Gasteiger partial charge on any atom is -0.388 e. The lowest BCUT2D eigenvalue weighted by Gasteiger charge is -2.22. The summed E-state index contributed by atoms with van der Waals surface area (Å²) in [6.45, 7) is 4.22. The number of para-hydroxylation sites is 2. The molecule has 0 spiro atoms. The van der Waals surface area contributed by atoms with Gasteiger partial charge in [-0.05, 0) is 38.0 Å². The van der Waals surface area contributed by atoms with Crippen LogP contribution in [0.1, 0.15) is 43.8 Å². The molecule has 0 radical (unpaired) electrons. The van der Waals surface area contributed by atoms with Crippen molar-refractivity contribution in [1.29, 1.82) is 0 Å². The Labute approximate surface area is 143 Å². The Balaban J connectivity index is 1.67. The van der Waals surface area contributed by atoms with Crippen LogP contribution in [-0.4, -0.2) is 20.7 Å². The second kappa shape index (κ2) is 7.16. The molecule has 1 heterocycles. The van der Waals surface area contributed by atoms with E-state index in [4.69, 9.17) is 4.98 Å². The standard InChI is InChI=1S/C20H25N3O/c1-14(13-19(24)16-9-5-4-6-10-16)21-15(2)20-22-17-11-7-8-12-18(17)23(20)3/h4-12,14-15,19,21,24H,13H2,1-3H3. The highest BCUT2D eigenvalue weighted by Gasteiger charge is 2.18. The van der Waals surface area contributed by atoms with E-state index in [9.17, 15) is 5.11 Å². The van der Waals surface area contributed by atoms with Crippen LogP contribution in [0.4, 0.5) is 0 Å². The summed E-state index contributed by atoms with van der Waals surface area (Å²) in [6.07, 6.45) is 0.208. The lowest BCUT2D eigenvalue weighted by Crippen LogP contribution is -2.31. The molecule has 3 unspecified atom stereocenters. The quantitative estimate of drug-likeness (QED) is 0.726. The molecule has 2 aromatic carbocycles. The molecule has 0 fully saturated rings. The number of rotatable bonds is 6. The van der Waals surface area contributed by atoms with Gasteiger partial charge in [0.25, 0.3) is 0 Å². The zero-order valence-corrected chi connectivity index (χ0v) is 14.5. The molecule has 0 aliphatic rings. The molecule has 3 aromatic rings. The topological polar surface area (TPSA) is 50.1 Å². The minimum atomic E-state index is -0.457. The van der Waals surface area contributed by atoms with Crippen LogP contribution in [0.25, 0.3) is 11.0 Å². The average Bonchev–Trinajstić information content (AvgIpc) is 2.93. The predicted octanol–water partition coefficient (Wildman–Crippen LogP) is 3.74. The van der Waals surface area contributed by atoms with Crippen molar-refractivity contribution in [1.82, 2.24) is 14.9 Å². The molecule has 0 aliphatic carbocycles. The number of nitrogens with zero attached hydrogens (tertiary/aromatic N) is 2. The highest BCUT2D eigenvalue weighted by Crippen LogP contribution is 2.22. The molecule has 126 valence electrons. The van der Waals surface area contributed by atoms with Gasteiger partial charge >= 0.3 is 0 Å². The number of aromatic nitrogens is 2. The Morgan fingerprint density at radius 3 is 2.42 bits per heavy atom. The first kappa shape index (κ1) is 16.7. The lowest BCUT2D eigenvalue weighted by atomic mass is 10.0. The van der Waals surface area contributed by atoms with E-state index < -0.39 is 6.10 Å². The minimum absolute atomic E-state index is 0.111. The number of fused-ring (bicyclic) bond motifs is 1. The van der Waals surface area contributed by atoms with Crippen molar-refractivity contribution in [2.45, 2.75) is 38.5 Å². The number of aryl methyl sites for hydroxylation is 1. The monoisotopic (exact) mass is 323 g/mol. The van der Waals surface area contributed by atoms with Gasteiger partial charge in [-0.2, -0.15) is 0 Å². The highest BCUT2D eigenvalue weighted by atomic mass is 16.3. The van der Waals surface area contributed by atoms with Crippen LogP contribution >= 0.6 is 0 Å². The first-order valence-corrected chi connectivity index (χ1v) is 8.46. The summed E-state index contributed by atoms with van der Waals surface area (Å²) in [5.41, 5.74) is 3.11. The van der Waals surface area contributed by atoms with Gasteiger partial charge in [-0.3, -0.25) is 0 Å². The number of aliphatic hydroxyl groups is 1. The third kappa shape index (κ3) is 3.50. The van der Waals surface area contributed by atoms with Crippen molar-refractivity contribution in [3.05, 3.63) is 66.0 Å². The summed E-state index contributed by atoms with van der Waals surface area (Å²) < 4.78 is 2.13. The Kier molecular flexibility index (Phi) is 4.97. The molecular formula is C20H25N3O. The smallest absolute Gasteiger partial charge is 0.126 e. The third-order valence-corrected chi connectivity index (χ3v) is 4.50. The molecule has 2 N–H and O–H groups in total. The van der Waals surface area contributed by atoms with E-state index in [-0.39, 0.29) is 12.1 Å². The average molecular weight is 323 g/mol. The van der Waals surface area contributed by atoms with Gasteiger partial charge in [-0.1, -0.05) is 42.5 Å². The summed E-state index contributed by atoms with van der Waals surface area (Å²) >= 11 is 0. The van der Waals surface area contributed by atoms with Crippen molar-refractivity contribution in [3.8, 4) is 0 Å². The molecule has 4 nitrogen and oxygen atoms in total. The molecule has 4 heteroatoms. The normalized spacial score (nSPS) is 15.3. The maximum Gasteiger partial charge on any atom is 0.126 e. The first-order valence-electron chi connectivity index (χ1n) is 8.46. The molecule has 3 rings (SSSR count). The summed E-state index contributed by atoms with van der Waals surface area (Å²) in [7, 11) is 2.05. The van der Waals surface area contributed by atoms with Crippen molar-refractivity contribution in [3.63, 3.8) is 0 Å². The summed E-state index contributed by atoms with van der Waals surface area (Å²) in [5.74, 6) is 1.01. The number of aliphatic hydroxyl groups excluding tert-OH is 1. The number of benzene rings is 2. The number of imidazole rings is 1. The molecule has 3 atom stereocenters. The van der Waals surface area contributed by atoms with Gasteiger partial charge in [0.05, 0.1) is 23.2 Å². The van der Waals surface area contributed by atoms with Gasteiger partial charge in [0.15, 0.2) is 0 Å². The Bertz CT molecular complexity index is 797. The molecule has 0 bridgehead atoms. The van der Waals surface area contributed by atoms with Crippen LogP contribution in [0.5, 0.6) is 0 Å². The third-order valence-electron chi connectivity index (χ3n) is 4.50. The zero-order valence-electron chi connectivity index (χ0n) is 14.5. The number of nitrogens with one attached hydrogen (secondary N) is 1. The molecular weight excluding hydrogens is 298 g/mol. The van der Waals surface area contributed by atoms with Crippen molar-refractivity contribution in [2.24, 2.45) is 7.05 Å². The Morgan fingerprint density at radius 1 is 1.04 bits per heavy atom. The van der Waals surface area contributed by atoms with Crippen LogP contribution in [-0.2, 0) is 7.05 Å². The second-order valence-electron chi connectivity index (χ2n) is 6.47. The molecule has 0 saturated carbocycles. The first-order chi connectivity index (χ1) is 11.6. The van der Waals surface area contributed by atoms with Crippen LogP contribution in [0.3, 0.4) is 0 Å². The van der Waals surface area contributed by atoms with E-state index in [0.29, 0.717) is 6.42 Å². The summed E-state index contributed by atoms with van der Waals surface area (Å²) in [5, 5.41) is 13.9. The Morgan fingerprint density at radius 2 is 1.71 bits per heavy atom. The van der Waals surface area contributed by atoms with Crippen molar-refractivity contribution < 1.29 is 5.11 Å². The van der Waals surface area contributed by atoms with Gasteiger partial charge in [-0.15, -0.1) is 0 Å². The van der Waals surface area contributed by atoms with Crippen molar-refractivity contribution >= 4 is 11.0 Å². The fourth-order valence-corrected chi connectivity index (χ4v) is 3.27. The van der Waals surface area contributed by atoms with E-state index in [2.05, 4.69) is 29.8 Å². The molecule has 1 aromatic heterocycles. The van der Waals surface area contributed by atoms with Gasteiger partial charge in [-0.25, -0.2) is 4.98 Å². The summed E-state index contributed by atoms with van der Waals surface area (Å²) in [6, 6.07) is 18.3. The van der Waals surface area contributed by atoms with Gasteiger partial charge in [0, 0.05) is 13.1 Å². The van der Waals surface area contributed by atoms with Crippen LogP contribution < -0.4 is 5.32 Å². The summed E-state index contributed by atoms with van der Waals surface area (Å²) in [4.78, 5) is 4.74. The lowest BCUT2D eigenvalue weighted by molar-refractivity contribution is 0.151. The van der Waals surface area contributed by atoms with Crippen LogP contribution in [0.15, 0.2) is 54.6 Å². The van der Waals surface area contributed by atoms with Gasteiger partial charge in [0.1, 0.15) is 5.82 Å². The number of hydrogen-bond donors (Lipinski definition) is 2. The predicted molar refractivity (Wildman–Crippen MR) is 97.7 cm³/mol. The molecule has 0 amide bonds. The van der Waals surface area contributed by atoms with E-state index >= 15 is 0 Å². The van der Waals surface area contributed by atoms with Gasteiger partial charge in [0.2, 0.25) is 0 Å². The second-order valence-corrected chi connectivity index (χ2v) is 6.47. The fraction of sp³-hybridized carbons (Fsp3) is 0.350. The van der Waals surface area contributed by atoms with E-state index in [1.54, 1.807) is 0 Å². The SMILES string of the molecule is CC(CC(O)c1ccccc1)NC(C)c1nc2ccccc2n1C. The largest absolute Gasteiger partial charge is 0.388 e. The highest BCUT2D eigenvalue weighted by molar-refractivity contribution is 5.75. The van der Waals surface area contributed by atoms with Crippen molar-refractivity contribution in [2.75, 3.05) is 0 Å². The van der Waals surface area contributed by atoms with E-state index in [0.717, 1.165) is 22.4 Å². The number of hydrogen-bond acceptors (Lipinski definition) is 3. The molecule has 24 heavy (non-hydrogen) atoms. The maximum atomic E-state index is 10.4. The van der Waals surface area contributed by atoms with Crippen LogP contribution in [0, 0.1) is 0 Å². The maximum absolute atomic E-state index is 10.4. The zero-order chi connectivity index (χ0) is 17.1.